The van der Waals surface area contributed by atoms with Crippen LogP contribution in [0, 0.1) is 0 Å². The molecule has 0 unspecified atom stereocenters. The van der Waals surface area contributed by atoms with Crippen LogP contribution in [0.1, 0.15) is 43.3 Å². The highest BCUT2D eigenvalue weighted by atomic mass is 16.5. The van der Waals surface area contributed by atoms with Crippen molar-refractivity contribution in [2.45, 2.75) is 44.2 Å². The molecule has 0 saturated heterocycles. The third kappa shape index (κ3) is 3.22. The summed E-state index contributed by atoms with van der Waals surface area (Å²) < 4.78 is 10.6. The van der Waals surface area contributed by atoms with Gasteiger partial charge in [-0.3, -0.25) is 0 Å². The van der Waals surface area contributed by atoms with Crippen molar-refractivity contribution in [2.24, 2.45) is 0 Å². The Labute approximate surface area is 105 Å². The van der Waals surface area contributed by atoms with E-state index in [1.54, 1.807) is 13.3 Å². The van der Waals surface area contributed by atoms with Gasteiger partial charge in [-0.15, -0.1) is 0 Å². The first-order chi connectivity index (χ1) is 8.69. The van der Waals surface area contributed by atoms with Gasteiger partial charge in [-0.2, -0.15) is 0 Å². The van der Waals surface area contributed by atoms with Crippen molar-refractivity contribution >= 4 is 6.09 Å². The highest BCUT2D eigenvalue weighted by Crippen LogP contribution is 2.32. The van der Waals surface area contributed by atoms with Gasteiger partial charge in [0.15, 0.2) is 5.89 Å². The number of hydrogen-bond donors (Lipinski definition) is 2. The van der Waals surface area contributed by atoms with E-state index in [2.05, 4.69) is 10.3 Å². The van der Waals surface area contributed by atoms with Gasteiger partial charge in [0, 0.05) is 19.1 Å². The van der Waals surface area contributed by atoms with Crippen LogP contribution in [-0.4, -0.2) is 29.3 Å². The van der Waals surface area contributed by atoms with Gasteiger partial charge >= 0.3 is 6.09 Å². The highest BCUT2D eigenvalue weighted by molar-refractivity contribution is 5.64. The molecule has 6 heteroatoms. The monoisotopic (exact) mass is 254 g/mol. The Morgan fingerprint density at radius 2 is 2.28 bits per heavy atom. The van der Waals surface area contributed by atoms with Crippen molar-refractivity contribution in [3.63, 3.8) is 0 Å². The lowest BCUT2D eigenvalue weighted by Gasteiger charge is -2.26. The Kier molecular flexibility index (Phi) is 4.19. The number of aromatic nitrogens is 1. The molecule has 0 atom stereocenters. The molecule has 0 spiro atoms. The van der Waals surface area contributed by atoms with Crippen LogP contribution in [0.4, 0.5) is 4.79 Å². The van der Waals surface area contributed by atoms with E-state index in [0.717, 1.165) is 37.3 Å². The Bertz CT molecular complexity index is 397. The van der Waals surface area contributed by atoms with Crippen molar-refractivity contribution in [1.82, 2.24) is 10.3 Å². The van der Waals surface area contributed by atoms with Crippen molar-refractivity contribution in [3.8, 4) is 0 Å². The summed E-state index contributed by atoms with van der Waals surface area (Å²) in [5.74, 6) is 1.77. The Morgan fingerprint density at radius 1 is 1.56 bits per heavy atom. The lowest BCUT2D eigenvalue weighted by molar-refractivity contribution is 0.160. The second-order valence-corrected chi connectivity index (χ2v) is 4.60. The third-order valence-electron chi connectivity index (χ3n) is 3.26. The summed E-state index contributed by atoms with van der Waals surface area (Å²) in [6.07, 6.45) is 4.21. The number of nitrogens with zero attached hydrogens (tertiary/aromatic N) is 1. The maximum Gasteiger partial charge on any atom is 0.404 e. The summed E-state index contributed by atoms with van der Waals surface area (Å²) in [5, 5.41) is 11.2. The number of carboxylic acid groups (broad SMARTS) is 1. The first-order valence-electron chi connectivity index (χ1n) is 6.12. The predicted octanol–water partition coefficient (Wildman–Crippen LogP) is 2.11. The second-order valence-electron chi connectivity index (χ2n) is 4.60. The van der Waals surface area contributed by atoms with Gasteiger partial charge in [-0.1, -0.05) is 0 Å². The minimum absolute atomic E-state index is 0.0622. The highest BCUT2D eigenvalue weighted by Gasteiger charge is 2.26. The summed E-state index contributed by atoms with van der Waals surface area (Å²) in [6, 6.07) is 0.0622. The van der Waals surface area contributed by atoms with E-state index in [-0.39, 0.29) is 6.04 Å². The molecule has 1 aromatic rings. The molecule has 1 fully saturated rings. The maximum absolute atomic E-state index is 10.5. The smallest absolute Gasteiger partial charge is 0.404 e. The fourth-order valence-corrected chi connectivity index (χ4v) is 2.38. The molecule has 1 saturated carbocycles. The van der Waals surface area contributed by atoms with Crippen molar-refractivity contribution < 1.29 is 19.1 Å². The number of ether oxygens (including phenoxy) is 1. The maximum atomic E-state index is 10.5. The van der Waals surface area contributed by atoms with E-state index in [1.807, 2.05) is 0 Å². The van der Waals surface area contributed by atoms with Crippen LogP contribution in [0.2, 0.25) is 0 Å². The topological polar surface area (TPSA) is 84.6 Å². The van der Waals surface area contributed by atoms with Gasteiger partial charge in [0.05, 0.1) is 6.20 Å². The Balaban J connectivity index is 1.86. The molecule has 0 radical (unpaired) electrons. The normalized spacial score (nSPS) is 23.8. The van der Waals surface area contributed by atoms with E-state index < -0.39 is 6.09 Å². The van der Waals surface area contributed by atoms with Crippen LogP contribution < -0.4 is 5.32 Å². The molecule has 2 N–H and O–H groups in total. The molecular formula is C12H18N2O4. The minimum atomic E-state index is -0.947. The van der Waals surface area contributed by atoms with Gasteiger partial charge in [0.1, 0.15) is 12.4 Å². The number of oxazole rings is 1. The molecule has 1 aliphatic carbocycles. The molecule has 1 amide bonds. The van der Waals surface area contributed by atoms with Crippen LogP contribution in [0.3, 0.4) is 0 Å². The molecular weight excluding hydrogens is 236 g/mol. The third-order valence-corrected chi connectivity index (χ3v) is 3.26. The van der Waals surface area contributed by atoms with Crippen LogP contribution in [-0.2, 0) is 11.3 Å². The van der Waals surface area contributed by atoms with Gasteiger partial charge in [0.25, 0.3) is 0 Å². The van der Waals surface area contributed by atoms with Gasteiger partial charge in [-0.05, 0) is 25.7 Å². The molecule has 1 aromatic heterocycles. The number of rotatable bonds is 4. The molecule has 18 heavy (non-hydrogen) atoms. The Hall–Kier alpha value is -1.56. The van der Waals surface area contributed by atoms with E-state index in [1.165, 1.54) is 0 Å². The minimum Gasteiger partial charge on any atom is -0.465 e. The first-order valence-corrected chi connectivity index (χ1v) is 6.12. The van der Waals surface area contributed by atoms with Crippen LogP contribution in [0.5, 0.6) is 0 Å². The first kappa shape index (κ1) is 12.9. The Morgan fingerprint density at radius 3 is 2.89 bits per heavy atom. The van der Waals surface area contributed by atoms with Crippen molar-refractivity contribution in [1.29, 1.82) is 0 Å². The quantitative estimate of drug-likeness (QED) is 0.859. The van der Waals surface area contributed by atoms with E-state index in [0.29, 0.717) is 12.5 Å². The molecule has 6 nitrogen and oxygen atoms in total. The molecule has 0 aliphatic heterocycles. The number of nitrogens with one attached hydrogen (secondary N) is 1. The van der Waals surface area contributed by atoms with Crippen molar-refractivity contribution in [2.75, 3.05) is 7.11 Å². The summed E-state index contributed by atoms with van der Waals surface area (Å²) in [4.78, 5) is 14.8. The lowest BCUT2D eigenvalue weighted by atomic mass is 9.86. The standard InChI is InChI=1S/C12H18N2O4/c1-17-7-10-6-13-11(18-10)8-2-4-9(5-3-8)14-12(15)16/h6,8-9,14H,2-5,7H2,1H3,(H,15,16). The van der Waals surface area contributed by atoms with Gasteiger partial charge in [0.2, 0.25) is 0 Å². The number of methoxy groups -OCH3 is 1. The SMILES string of the molecule is COCc1cnc(C2CCC(NC(=O)O)CC2)o1. The number of carbonyl (C=O) groups is 1. The zero-order chi connectivity index (χ0) is 13.0. The van der Waals surface area contributed by atoms with E-state index in [9.17, 15) is 4.79 Å². The molecule has 0 bridgehead atoms. The summed E-state index contributed by atoms with van der Waals surface area (Å²) >= 11 is 0. The number of amides is 1. The molecule has 1 heterocycles. The zero-order valence-electron chi connectivity index (χ0n) is 10.4. The summed E-state index contributed by atoms with van der Waals surface area (Å²) in [7, 11) is 1.62. The largest absolute Gasteiger partial charge is 0.465 e. The fourth-order valence-electron chi connectivity index (χ4n) is 2.38. The van der Waals surface area contributed by atoms with E-state index in [4.69, 9.17) is 14.3 Å². The second kappa shape index (κ2) is 5.86. The van der Waals surface area contributed by atoms with Crippen LogP contribution >= 0.6 is 0 Å². The van der Waals surface area contributed by atoms with Crippen LogP contribution in [0.25, 0.3) is 0 Å². The van der Waals surface area contributed by atoms with Gasteiger partial charge in [-0.25, -0.2) is 9.78 Å². The average Bonchev–Trinajstić information content (AvgIpc) is 2.78. The molecule has 1 aliphatic rings. The molecule has 0 aromatic carbocycles. The zero-order valence-corrected chi connectivity index (χ0v) is 10.4. The number of hydrogen-bond acceptors (Lipinski definition) is 4. The molecule has 2 rings (SSSR count). The van der Waals surface area contributed by atoms with E-state index >= 15 is 0 Å². The van der Waals surface area contributed by atoms with Gasteiger partial charge < -0.3 is 19.6 Å². The predicted molar refractivity (Wildman–Crippen MR) is 63.4 cm³/mol. The molecule has 100 valence electrons. The lowest BCUT2D eigenvalue weighted by Crippen LogP contribution is -2.36. The van der Waals surface area contributed by atoms with Crippen molar-refractivity contribution in [3.05, 3.63) is 17.8 Å². The average molecular weight is 254 g/mol. The fraction of sp³-hybridized carbons (Fsp3) is 0.667. The van der Waals surface area contributed by atoms with Crippen LogP contribution in [0.15, 0.2) is 10.6 Å². The summed E-state index contributed by atoms with van der Waals surface area (Å²) in [6.45, 7) is 0.433. The summed E-state index contributed by atoms with van der Waals surface area (Å²) in [5.41, 5.74) is 0.